The molecule has 0 aromatic heterocycles. The Balaban J connectivity index is 2.32. The van der Waals surface area contributed by atoms with Crippen molar-refractivity contribution in [3.63, 3.8) is 0 Å². The average molecular weight is 490 g/mol. The fourth-order valence-corrected chi connectivity index (χ4v) is 24.7. The molecule has 1 aliphatic rings. The van der Waals surface area contributed by atoms with E-state index < -0.39 is 18.4 Å². The van der Waals surface area contributed by atoms with Gasteiger partial charge in [0, 0.05) is 0 Å². The molecule has 2 heteroatoms. The Morgan fingerprint density at radius 2 is 1.50 bits per heavy atom. The molecule has 1 nitrogen and oxygen atoms in total. The van der Waals surface area contributed by atoms with Crippen molar-refractivity contribution in [2.45, 2.75) is 109 Å². The molecule has 0 amide bonds. The zero-order valence-electron chi connectivity index (χ0n) is 19.0. The van der Waals surface area contributed by atoms with Gasteiger partial charge in [-0.2, -0.15) is 0 Å². The molecule has 0 unspecified atom stereocenters. The summed E-state index contributed by atoms with van der Waals surface area (Å²) >= 11 is -2.26. The molecule has 1 saturated heterocycles. The molecule has 28 heavy (non-hydrogen) atoms. The molecule has 0 N–H and O–H groups in total. The van der Waals surface area contributed by atoms with E-state index >= 15 is 0 Å². The molecule has 0 radical (unpaired) electrons. The number of benzene rings is 1. The van der Waals surface area contributed by atoms with Gasteiger partial charge in [-0.15, -0.1) is 0 Å². The second-order valence-corrected chi connectivity index (χ2v) is 23.1. The second-order valence-electron chi connectivity index (χ2n) is 9.10. The first-order chi connectivity index (χ1) is 13.7. The normalized spacial score (nSPS) is 20.5. The molecular weight excluding hydrogens is 445 g/mol. The quantitative estimate of drug-likeness (QED) is 0.189. The third-order valence-corrected chi connectivity index (χ3v) is 24.4. The summed E-state index contributed by atoms with van der Waals surface area (Å²) in [5, 5.41) is 0. The van der Waals surface area contributed by atoms with Crippen molar-refractivity contribution in [1.29, 1.82) is 0 Å². The minimum absolute atomic E-state index is 0.726. The second kappa shape index (κ2) is 13.1. The molecule has 1 aliphatic heterocycles. The summed E-state index contributed by atoms with van der Waals surface area (Å²) < 4.78 is 5.83. The van der Waals surface area contributed by atoms with E-state index in [2.05, 4.69) is 68.7 Å². The van der Waals surface area contributed by atoms with Crippen molar-refractivity contribution < 1.29 is 0 Å². The predicted molar refractivity (Wildman–Crippen MR) is 129 cm³/mol. The van der Waals surface area contributed by atoms with Gasteiger partial charge in [-0.05, 0) is 0 Å². The van der Waals surface area contributed by atoms with Crippen molar-refractivity contribution >= 4 is 18.4 Å². The van der Waals surface area contributed by atoms with Crippen LogP contribution in [0.3, 0.4) is 0 Å². The number of hydrogen-bond acceptors (Lipinski definition) is 1. The van der Waals surface area contributed by atoms with Gasteiger partial charge in [-0.1, -0.05) is 0 Å². The SMILES string of the molecule is C=CC[C@H]1CC[C@@H]([Sn]([CH2]CCC)([CH2]CCC)[CH2]CCC)N1Cc1ccccc1. The summed E-state index contributed by atoms with van der Waals surface area (Å²) in [5.41, 5.74) is 1.50. The van der Waals surface area contributed by atoms with E-state index in [1.165, 1.54) is 63.4 Å². The Morgan fingerprint density at radius 1 is 0.929 bits per heavy atom. The van der Waals surface area contributed by atoms with E-state index in [9.17, 15) is 0 Å². The fraction of sp³-hybridized carbons (Fsp3) is 0.692. The zero-order valence-corrected chi connectivity index (χ0v) is 21.8. The molecule has 0 aliphatic carbocycles. The Morgan fingerprint density at radius 3 is 2.00 bits per heavy atom. The Hall–Kier alpha value is -0.281. The van der Waals surface area contributed by atoms with Crippen molar-refractivity contribution in [2.75, 3.05) is 0 Å². The number of rotatable bonds is 14. The molecule has 1 heterocycles. The van der Waals surface area contributed by atoms with E-state index in [4.69, 9.17) is 0 Å². The Bertz CT molecular complexity index is 519. The molecule has 0 bridgehead atoms. The van der Waals surface area contributed by atoms with E-state index in [-0.39, 0.29) is 0 Å². The van der Waals surface area contributed by atoms with Gasteiger partial charge in [0.15, 0.2) is 0 Å². The maximum atomic E-state index is 4.09. The molecule has 0 saturated carbocycles. The van der Waals surface area contributed by atoms with Gasteiger partial charge in [0.25, 0.3) is 0 Å². The molecule has 158 valence electrons. The molecule has 2 atom stereocenters. The van der Waals surface area contributed by atoms with Gasteiger partial charge in [0.05, 0.1) is 0 Å². The van der Waals surface area contributed by atoms with Gasteiger partial charge < -0.3 is 0 Å². The first kappa shape index (κ1) is 24.0. The Labute approximate surface area is 179 Å². The van der Waals surface area contributed by atoms with Crippen LogP contribution in [-0.4, -0.2) is 33.4 Å². The van der Waals surface area contributed by atoms with Crippen LogP contribution in [0.5, 0.6) is 0 Å². The third-order valence-electron chi connectivity index (χ3n) is 7.08. The van der Waals surface area contributed by atoms with Crippen LogP contribution in [0, 0.1) is 0 Å². The summed E-state index contributed by atoms with van der Waals surface area (Å²) in [7, 11) is 0. The van der Waals surface area contributed by atoms with Crippen molar-refractivity contribution in [3.8, 4) is 0 Å². The molecule has 2 rings (SSSR count). The fourth-order valence-electron chi connectivity index (χ4n) is 5.53. The number of likely N-dealkylation sites (tertiary alicyclic amines) is 1. The molecule has 0 spiro atoms. The summed E-state index contributed by atoms with van der Waals surface area (Å²) in [6.45, 7) is 12.4. The number of hydrogen-bond donors (Lipinski definition) is 0. The van der Waals surface area contributed by atoms with Gasteiger partial charge in [-0.25, -0.2) is 0 Å². The monoisotopic (exact) mass is 491 g/mol. The van der Waals surface area contributed by atoms with E-state index in [0.717, 1.165) is 16.6 Å². The standard InChI is InChI=1S/C14H18N.3C4H9.Sn/c1-2-7-14-10-6-11-15(14)12-13-8-4-3-5-9-13;3*1-3-4-2;/h2-5,8-9,11,14H,1,6-7,10,12H2;3*1,3-4H2,2H3;/t14-;;;;/m0..../s1. The molecule has 1 fully saturated rings. The zero-order chi connectivity index (χ0) is 20.2. The Kier molecular flexibility index (Phi) is 11.2. The molecular formula is C26H45NSn. The summed E-state index contributed by atoms with van der Waals surface area (Å²) in [5.74, 6) is 0. The summed E-state index contributed by atoms with van der Waals surface area (Å²) in [6, 6.07) is 12.0. The van der Waals surface area contributed by atoms with Crippen LogP contribution in [0.2, 0.25) is 13.3 Å². The number of unbranched alkanes of at least 4 members (excludes halogenated alkanes) is 3. The topological polar surface area (TPSA) is 3.24 Å². The van der Waals surface area contributed by atoms with E-state index in [1.54, 1.807) is 13.3 Å². The van der Waals surface area contributed by atoms with Crippen molar-refractivity contribution in [2.24, 2.45) is 0 Å². The van der Waals surface area contributed by atoms with Crippen molar-refractivity contribution in [3.05, 3.63) is 48.6 Å². The van der Waals surface area contributed by atoms with Crippen LogP contribution >= 0.6 is 0 Å². The molecule has 1 aromatic carbocycles. The van der Waals surface area contributed by atoms with Crippen LogP contribution < -0.4 is 0 Å². The van der Waals surface area contributed by atoms with Gasteiger partial charge in [-0.3, -0.25) is 0 Å². The average Bonchev–Trinajstić information content (AvgIpc) is 3.12. The van der Waals surface area contributed by atoms with E-state index in [0.29, 0.717) is 0 Å². The summed E-state index contributed by atoms with van der Waals surface area (Å²) in [4.78, 5) is 2.99. The van der Waals surface area contributed by atoms with Crippen molar-refractivity contribution in [1.82, 2.24) is 4.90 Å². The predicted octanol–water partition coefficient (Wildman–Crippen LogP) is 7.98. The van der Waals surface area contributed by atoms with Crippen LogP contribution in [0.25, 0.3) is 0 Å². The van der Waals surface area contributed by atoms with Crippen LogP contribution in [-0.2, 0) is 6.54 Å². The third kappa shape index (κ3) is 6.62. The van der Waals surface area contributed by atoms with E-state index in [1.807, 2.05) is 0 Å². The first-order valence-electron chi connectivity index (χ1n) is 12.1. The summed E-state index contributed by atoms with van der Waals surface area (Å²) in [6.07, 6.45) is 14.8. The molecule has 1 aromatic rings. The van der Waals surface area contributed by atoms with Crippen LogP contribution in [0.15, 0.2) is 43.0 Å². The van der Waals surface area contributed by atoms with Crippen LogP contribution in [0.4, 0.5) is 0 Å². The first-order valence-corrected chi connectivity index (χ1v) is 19.8. The number of nitrogens with zero attached hydrogens (tertiary/aromatic N) is 1. The van der Waals surface area contributed by atoms with Gasteiger partial charge in [0.1, 0.15) is 0 Å². The van der Waals surface area contributed by atoms with Crippen LogP contribution in [0.1, 0.15) is 84.1 Å². The minimum atomic E-state index is -2.26. The van der Waals surface area contributed by atoms with Gasteiger partial charge in [0.2, 0.25) is 0 Å². The maximum absolute atomic E-state index is 4.09. The van der Waals surface area contributed by atoms with Gasteiger partial charge >= 0.3 is 180 Å².